The molecule has 0 N–H and O–H groups in total. The van der Waals surface area contributed by atoms with Gasteiger partial charge in [-0.2, -0.15) is 0 Å². The van der Waals surface area contributed by atoms with Crippen LogP contribution in [0.4, 0.5) is 0 Å². The Kier molecular flexibility index (Phi) is 23.0. The van der Waals surface area contributed by atoms with Crippen LogP contribution in [-0.4, -0.2) is 98.2 Å². The summed E-state index contributed by atoms with van der Waals surface area (Å²) in [4.78, 5) is 12.1. The molecule has 0 spiro atoms. The maximum Gasteiger partial charge on any atom is 0.0945 e. The molecule has 9 nitrogen and oxygen atoms in total. The summed E-state index contributed by atoms with van der Waals surface area (Å²) in [6.07, 6.45) is 6.54. The summed E-state index contributed by atoms with van der Waals surface area (Å²) >= 11 is 0. The van der Waals surface area contributed by atoms with Gasteiger partial charge in [0.15, 0.2) is 0 Å². The molecule has 0 heterocycles. The zero-order valence-electron chi connectivity index (χ0n) is 38.6. The van der Waals surface area contributed by atoms with E-state index in [1.165, 1.54) is 0 Å². The van der Waals surface area contributed by atoms with E-state index >= 15 is 0 Å². The van der Waals surface area contributed by atoms with E-state index in [0.717, 1.165) is 44.9 Å². The van der Waals surface area contributed by atoms with Crippen molar-refractivity contribution in [2.75, 3.05) is 52.9 Å². The van der Waals surface area contributed by atoms with Gasteiger partial charge in [0.05, 0.1) is 97.0 Å². The molecule has 0 aromatic rings. The largest absolute Gasteiger partial charge is 0.375 e. The van der Waals surface area contributed by atoms with Gasteiger partial charge in [0.25, 0.3) is 0 Å². The van der Waals surface area contributed by atoms with Gasteiger partial charge >= 0.3 is 0 Å². The third-order valence-electron chi connectivity index (χ3n) is 10.9. The van der Waals surface area contributed by atoms with Crippen molar-refractivity contribution in [2.24, 2.45) is 5.41 Å². The second-order valence-electron chi connectivity index (χ2n) is 19.7. The SMILES string of the molecule is CCC(C)(C)OCCC(C)OOCC(COC(C)(C)CCOC(C)(C)CC)(COC(C)(C)CCOC(C)(C)CC)COC(C)(C)CCOC(C)(C)CC. The highest BCUT2D eigenvalue weighted by Crippen LogP contribution is 2.31. The summed E-state index contributed by atoms with van der Waals surface area (Å²) in [6.45, 7) is 43.9. The van der Waals surface area contributed by atoms with Crippen molar-refractivity contribution >= 4 is 0 Å². The van der Waals surface area contributed by atoms with E-state index in [9.17, 15) is 0 Å². The van der Waals surface area contributed by atoms with Crippen LogP contribution in [0.2, 0.25) is 0 Å². The lowest BCUT2D eigenvalue weighted by molar-refractivity contribution is -0.346. The minimum Gasteiger partial charge on any atom is -0.375 e. The van der Waals surface area contributed by atoms with Crippen molar-refractivity contribution < 1.29 is 42.9 Å². The fourth-order valence-corrected chi connectivity index (χ4v) is 4.46. The Bertz CT molecular complexity index is 861. The smallest absolute Gasteiger partial charge is 0.0945 e. The molecule has 0 rings (SSSR count). The first-order chi connectivity index (χ1) is 24.1. The minimum absolute atomic E-state index is 0.162. The summed E-state index contributed by atoms with van der Waals surface area (Å²) in [6, 6.07) is 0. The number of hydrogen-bond acceptors (Lipinski definition) is 9. The van der Waals surface area contributed by atoms with Gasteiger partial charge < -0.3 is 33.2 Å². The van der Waals surface area contributed by atoms with Crippen LogP contribution in [0.5, 0.6) is 0 Å². The van der Waals surface area contributed by atoms with Gasteiger partial charge in [-0.3, -0.25) is 0 Å². The Hall–Kier alpha value is -0.360. The number of rotatable bonds is 33. The number of ether oxygens (including phenoxy) is 7. The summed E-state index contributed by atoms with van der Waals surface area (Å²) < 4.78 is 45.1. The second-order valence-corrected chi connectivity index (χ2v) is 19.7. The van der Waals surface area contributed by atoms with Crippen molar-refractivity contribution in [3.8, 4) is 0 Å². The van der Waals surface area contributed by atoms with Crippen molar-refractivity contribution in [1.82, 2.24) is 0 Å². The van der Waals surface area contributed by atoms with Crippen LogP contribution in [0.1, 0.15) is 183 Å². The van der Waals surface area contributed by atoms with Crippen molar-refractivity contribution in [1.29, 1.82) is 0 Å². The maximum absolute atomic E-state index is 6.78. The standard InChI is InChI=1S/C44H90O9/c1-20-37(6,7)45-28-24-36(5)53-52-35-44(32-49-41(14,15)25-29-46-38(8,9)21-2,33-50-42(16,17)26-30-47-39(10,11)22-3)34-51-43(18,19)27-31-48-40(12,13)23-4/h36H,20-35H2,1-19H3. The molecule has 0 aliphatic heterocycles. The lowest BCUT2D eigenvalue weighted by Gasteiger charge is -2.41. The first kappa shape index (κ1) is 52.6. The van der Waals surface area contributed by atoms with Crippen LogP contribution in [0, 0.1) is 5.41 Å². The molecule has 9 heteroatoms. The minimum atomic E-state index is -0.692. The van der Waals surface area contributed by atoms with E-state index < -0.39 is 22.2 Å². The molecule has 0 radical (unpaired) electrons. The van der Waals surface area contributed by atoms with Gasteiger partial charge in [0, 0.05) is 6.61 Å². The Morgan fingerprint density at radius 2 is 0.642 bits per heavy atom. The molecule has 0 aromatic heterocycles. The van der Waals surface area contributed by atoms with Crippen molar-refractivity contribution in [3.05, 3.63) is 0 Å². The predicted octanol–water partition coefficient (Wildman–Crippen LogP) is 11.1. The molecule has 0 aliphatic rings. The fourth-order valence-electron chi connectivity index (χ4n) is 4.46. The first-order valence-corrected chi connectivity index (χ1v) is 20.8. The van der Waals surface area contributed by atoms with E-state index in [1.807, 2.05) is 6.92 Å². The van der Waals surface area contributed by atoms with Gasteiger partial charge in [-0.15, -0.1) is 0 Å². The quantitative estimate of drug-likeness (QED) is 0.0479. The Labute approximate surface area is 328 Å². The normalized spacial score (nSPS) is 15.0. The van der Waals surface area contributed by atoms with Gasteiger partial charge in [0.1, 0.15) is 0 Å². The first-order valence-electron chi connectivity index (χ1n) is 20.8. The molecule has 0 fully saturated rings. The molecule has 0 aromatic carbocycles. The maximum atomic E-state index is 6.78. The van der Waals surface area contributed by atoms with E-state index in [0.29, 0.717) is 52.7 Å². The molecule has 0 bridgehead atoms. The molecule has 0 saturated heterocycles. The monoisotopic (exact) mass is 763 g/mol. The summed E-state index contributed by atoms with van der Waals surface area (Å²) in [5.41, 5.74) is -2.77. The van der Waals surface area contributed by atoms with E-state index in [4.69, 9.17) is 42.9 Å². The average molecular weight is 763 g/mol. The van der Waals surface area contributed by atoms with Crippen LogP contribution >= 0.6 is 0 Å². The molecule has 320 valence electrons. The zero-order chi connectivity index (χ0) is 41.3. The Morgan fingerprint density at radius 1 is 0.358 bits per heavy atom. The van der Waals surface area contributed by atoms with Crippen molar-refractivity contribution in [2.45, 2.75) is 228 Å². The molecule has 1 unspecified atom stereocenters. The molecular weight excluding hydrogens is 672 g/mol. The fraction of sp³-hybridized carbons (Fsp3) is 1.00. The van der Waals surface area contributed by atoms with Crippen LogP contribution in [0.25, 0.3) is 0 Å². The number of hydrogen-bond donors (Lipinski definition) is 0. The summed E-state index contributed by atoms with van der Waals surface area (Å²) in [7, 11) is 0. The van der Waals surface area contributed by atoms with Crippen molar-refractivity contribution in [3.63, 3.8) is 0 Å². The predicted molar refractivity (Wildman–Crippen MR) is 219 cm³/mol. The highest BCUT2D eigenvalue weighted by atomic mass is 17.2. The molecule has 0 saturated carbocycles. The van der Waals surface area contributed by atoms with Gasteiger partial charge in [-0.1, -0.05) is 27.7 Å². The van der Waals surface area contributed by atoms with Crippen LogP contribution < -0.4 is 0 Å². The van der Waals surface area contributed by atoms with Crippen LogP contribution in [-0.2, 0) is 42.9 Å². The van der Waals surface area contributed by atoms with Gasteiger partial charge in [0.2, 0.25) is 0 Å². The Morgan fingerprint density at radius 3 is 0.925 bits per heavy atom. The average Bonchev–Trinajstić information content (AvgIpc) is 3.04. The van der Waals surface area contributed by atoms with E-state index in [1.54, 1.807) is 0 Å². The molecule has 0 amide bonds. The third kappa shape index (κ3) is 25.5. The Balaban J connectivity index is 6.24. The highest BCUT2D eigenvalue weighted by Gasteiger charge is 2.39. The van der Waals surface area contributed by atoms with Crippen LogP contribution in [0.15, 0.2) is 0 Å². The zero-order valence-corrected chi connectivity index (χ0v) is 38.6. The molecule has 0 aliphatic carbocycles. The third-order valence-corrected chi connectivity index (χ3v) is 10.9. The van der Waals surface area contributed by atoms with E-state index in [-0.39, 0.29) is 35.1 Å². The van der Waals surface area contributed by atoms with Crippen LogP contribution in [0.3, 0.4) is 0 Å². The lowest BCUT2D eigenvalue weighted by atomic mass is 9.90. The molecule has 53 heavy (non-hydrogen) atoms. The topological polar surface area (TPSA) is 83.1 Å². The molecular formula is C44H90O9. The highest BCUT2D eigenvalue weighted by molar-refractivity contribution is 4.85. The van der Waals surface area contributed by atoms with Gasteiger partial charge in [-0.05, 0) is 155 Å². The van der Waals surface area contributed by atoms with Gasteiger partial charge in [-0.25, -0.2) is 9.78 Å². The van der Waals surface area contributed by atoms with E-state index in [2.05, 4.69) is 125 Å². The second kappa shape index (κ2) is 23.1. The summed E-state index contributed by atoms with van der Waals surface area (Å²) in [5.74, 6) is 0. The lowest BCUT2D eigenvalue weighted by Crippen LogP contribution is -2.48. The molecule has 1 atom stereocenters. The summed E-state index contributed by atoms with van der Waals surface area (Å²) in [5, 5.41) is 0.